The standard InChI is InChI=1S/C12H23N3O2/c16-10-8-11(14-9-10)12(17)13-4-7-15-5-2-1-3-6-15/h10-11,14,16H,1-9H2,(H,13,17)/t10-,11-/m1/s1. The van der Waals surface area contributed by atoms with E-state index in [1.54, 1.807) is 0 Å². The van der Waals surface area contributed by atoms with Crippen molar-refractivity contribution < 1.29 is 9.90 Å². The molecule has 0 aromatic heterocycles. The molecule has 0 spiro atoms. The molecular formula is C12H23N3O2. The second kappa shape index (κ2) is 6.33. The molecule has 0 radical (unpaired) electrons. The normalized spacial score (nSPS) is 30.4. The number of piperidine rings is 1. The summed E-state index contributed by atoms with van der Waals surface area (Å²) in [6.07, 6.45) is 4.07. The highest BCUT2D eigenvalue weighted by Crippen LogP contribution is 2.08. The molecule has 5 nitrogen and oxygen atoms in total. The molecule has 2 aliphatic heterocycles. The van der Waals surface area contributed by atoms with Crippen LogP contribution < -0.4 is 10.6 Å². The topological polar surface area (TPSA) is 64.6 Å². The van der Waals surface area contributed by atoms with Crippen LogP contribution in [0.25, 0.3) is 0 Å². The number of carbonyl (C=O) groups is 1. The van der Waals surface area contributed by atoms with Crippen molar-refractivity contribution in [3.05, 3.63) is 0 Å². The van der Waals surface area contributed by atoms with Crippen LogP contribution in [-0.4, -0.2) is 60.8 Å². The van der Waals surface area contributed by atoms with Crippen molar-refractivity contribution in [2.45, 2.75) is 37.8 Å². The van der Waals surface area contributed by atoms with Gasteiger partial charge in [0.05, 0.1) is 12.1 Å². The molecule has 2 rings (SSSR count). The van der Waals surface area contributed by atoms with Gasteiger partial charge >= 0.3 is 0 Å². The Hall–Kier alpha value is -0.650. The smallest absolute Gasteiger partial charge is 0.237 e. The molecule has 0 aromatic rings. The van der Waals surface area contributed by atoms with Crippen LogP contribution in [0, 0.1) is 0 Å². The molecule has 17 heavy (non-hydrogen) atoms. The molecule has 2 heterocycles. The van der Waals surface area contributed by atoms with Crippen LogP contribution >= 0.6 is 0 Å². The predicted octanol–water partition coefficient (Wildman–Crippen LogP) is -0.689. The fraction of sp³-hybridized carbons (Fsp3) is 0.917. The summed E-state index contributed by atoms with van der Waals surface area (Å²) in [7, 11) is 0. The van der Waals surface area contributed by atoms with Crippen molar-refractivity contribution in [3.8, 4) is 0 Å². The summed E-state index contributed by atoms with van der Waals surface area (Å²) in [4.78, 5) is 14.1. The fourth-order valence-electron chi connectivity index (χ4n) is 2.56. The number of rotatable bonds is 4. The van der Waals surface area contributed by atoms with Crippen molar-refractivity contribution in [1.29, 1.82) is 0 Å². The number of aliphatic hydroxyl groups is 1. The maximum atomic E-state index is 11.7. The summed E-state index contributed by atoms with van der Waals surface area (Å²) in [6, 6.07) is -0.202. The average molecular weight is 241 g/mol. The highest BCUT2D eigenvalue weighted by Gasteiger charge is 2.27. The molecule has 0 aliphatic carbocycles. The molecular weight excluding hydrogens is 218 g/mol. The van der Waals surface area contributed by atoms with Gasteiger partial charge in [-0.3, -0.25) is 4.79 Å². The zero-order valence-corrected chi connectivity index (χ0v) is 10.3. The van der Waals surface area contributed by atoms with Gasteiger partial charge in [-0.05, 0) is 32.4 Å². The summed E-state index contributed by atoms with van der Waals surface area (Å²) in [6.45, 7) is 4.52. The van der Waals surface area contributed by atoms with Crippen LogP contribution in [0.4, 0.5) is 0 Å². The Morgan fingerprint density at radius 3 is 2.76 bits per heavy atom. The summed E-state index contributed by atoms with van der Waals surface area (Å²) in [5, 5.41) is 15.3. The van der Waals surface area contributed by atoms with E-state index in [-0.39, 0.29) is 18.1 Å². The summed E-state index contributed by atoms with van der Waals surface area (Å²) in [5.41, 5.74) is 0. The third-order valence-electron chi connectivity index (χ3n) is 3.60. The fourth-order valence-corrected chi connectivity index (χ4v) is 2.56. The van der Waals surface area contributed by atoms with Gasteiger partial charge in [-0.1, -0.05) is 6.42 Å². The third kappa shape index (κ3) is 3.94. The summed E-state index contributed by atoms with van der Waals surface area (Å²) >= 11 is 0. The van der Waals surface area contributed by atoms with Gasteiger partial charge in [-0.2, -0.15) is 0 Å². The van der Waals surface area contributed by atoms with E-state index in [9.17, 15) is 9.90 Å². The molecule has 0 unspecified atom stereocenters. The van der Waals surface area contributed by atoms with Crippen molar-refractivity contribution >= 4 is 5.91 Å². The quantitative estimate of drug-likeness (QED) is 0.610. The lowest BCUT2D eigenvalue weighted by Crippen LogP contribution is -2.44. The van der Waals surface area contributed by atoms with Gasteiger partial charge in [0.2, 0.25) is 5.91 Å². The van der Waals surface area contributed by atoms with E-state index in [4.69, 9.17) is 0 Å². The van der Waals surface area contributed by atoms with E-state index in [1.165, 1.54) is 19.3 Å². The van der Waals surface area contributed by atoms with Gasteiger partial charge in [0.15, 0.2) is 0 Å². The minimum atomic E-state index is -0.368. The van der Waals surface area contributed by atoms with E-state index >= 15 is 0 Å². The maximum absolute atomic E-state index is 11.7. The Labute approximate surface area is 103 Å². The number of β-amino-alcohol motifs (C(OH)–C–C–N with tert-alkyl or cyclic N) is 1. The van der Waals surface area contributed by atoms with Gasteiger partial charge in [-0.15, -0.1) is 0 Å². The first-order valence-electron chi connectivity index (χ1n) is 6.67. The number of carbonyl (C=O) groups excluding carboxylic acids is 1. The van der Waals surface area contributed by atoms with Crippen molar-refractivity contribution in [2.24, 2.45) is 0 Å². The SMILES string of the molecule is O=C(NCCN1CCCCC1)[C@H]1C[C@@H](O)CN1. The molecule has 2 saturated heterocycles. The second-order valence-corrected chi connectivity index (χ2v) is 5.04. The lowest BCUT2D eigenvalue weighted by Gasteiger charge is -2.26. The molecule has 0 bridgehead atoms. The lowest BCUT2D eigenvalue weighted by atomic mass is 10.1. The van der Waals surface area contributed by atoms with Gasteiger partial charge in [0.25, 0.3) is 0 Å². The number of amides is 1. The van der Waals surface area contributed by atoms with Crippen molar-refractivity contribution in [1.82, 2.24) is 15.5 Å². The zero-order chi connectivity index (χ0) is 12.1. The molecule has 0 aromatic carbocycles. The van der Waals surface area contributed by atoms with Crippen LogP contribution in [0.15, 0.2) is 0 Å². The monoisotopic (exact) mass is 241 g/mol. The van der Waals surface area contributed by atoms with Crippen LogP contribution in [0.3, 0.4) is 0 Å². The van der Waals surface area contributed by atoms with Gasteiger partial charge in [-0.25, -0.2) is 0 Å². The van der Waals surface area contributed by atoms with E-state index in [2.05, 4.69) is 15.5 Å². The highest BCUT2D eigenvalue weighted by atomic mass is 16.3. The molecule has 98 valence electrons. The van der Waals surface area contributed by atoms with Crippen LogP contribution in [0.1, 0.15) is 25.7 Å². The third-order valence-corrected chi connectivity index (χ3v) is 3.60. The summed E-state index contributed by atoms with van der Waals surface area (Å²) in [5.74, 6) is 0.0264. The van der Waals surface area contributed by atoms with E-state index in [0.29, 0.717) is 19.5 Å². The minimum Gasteiger partial charge on any atom is -0.392 e. The molecule has 3 N–H and O–H groups in total. The molecule has 5 heteroatoms. The Kier molecular flexibility index (Phi) is 4.76. The highest BCUT2D eigenvalue weighted by molar-refractivity contribution is 5.82. The largest absolute Gasteiger partial charge is 0.392 e. The summed E-state index contributed by atoms with van der Waals surface area (Å²) < 4.78 is 0. The van der Waals surface area contributed by atoms with E-state index in [1.807, 2.05) is 0 Å². The maximum Gasteiger partial charge on any atom is 0.237 e. The predicted molar refractivity (Wildman–Crippen MR) is 65.7 cm³/mol. The first-order chi connectivity index (χ1) is 8.25. The molecule has 2 atom stereocenters. The molecule has 0 saturated carbocycles. The first-order valence-corrected chi connectivity index (χ1v) is 6.67. The number of nitrogens with one attached hydrogen (secondary N) is 2. The minimum absolute atomic E-state index is 0.0264. The number of hydrogen-bond donors (Lipinski definition) is 3. The number of likely N-dealkylation sites (tertiary alicyclic amines) is 1. The van der Waals surface area contributed by atoms with E-state index in [0.717, 1.165) is 19.6 Å². The van der Waals surface area contributed by atoms with Crippen molar-refractivity contribution in [2.75, 3.05) is 32.7 Å². The average Bonchev–Trinajstić information content (AvgIpc) is 2.77. The van der Waals surface area contributed by atoms with Crippen LogP contribution in [0.2, 0.25) is 0 Å². The van der Waals surface area contributed by atoms with Crippen molar-refractivity contribution in [3.63, 3.8) is 0 Å². The Balaban J connectivity index is 1.59. The van der Waals surface area contributed by atoms with Crippen LogP contribution in [-0.2, 0) is 4.79 Å². The van der Waals surface area contributed by atoms with Gasteiger partial charge in [0.1, 0.15) is 0 Å². The molecule has 2 aliphatic rings. The number of nitrogens with zero attached hydrogens (tertiary/aromatic N) is 1. The van der Waals surface area contributed by atoms with Gasteiger partial charge in [0, 0.05) is 19.6 Å². The Morgan fingerprint density at radius 2 is 2.12 bits per heavy atom. The van der Waals surface area contributed by atoms with E-state index < -0.39 is 0 Å². The number of hydrogen-bond acceptors (Lipinski definition) is 4. The Morgan fingerprint density at radius 1 is 1.35 bits per heavy atom. The zero-order valence-electron chi connectivity index (χ0n) is 10.3. The van der Waals surface area contributed by atoms with Gasteiger partial charge < -0.3 is 20.6 Å². The lowest BCUT2D eigenvalue weighted by molar-refractivity contribution is -0.123. The molecule has 2 fully saturated rings. The van der Waals surface area contributed by atoms with Crippen LogP contribution in [0.5, 0.6) is 0 Å². The second-order valence-electron chi connectivity index (χ2n) is 5.04. The first kappa shape index (κ1) is 12.8. The molecule has 1 amide bonds. The number of aliphatic hydroxyl groups excluding tert-OH is 1. The Bertz CT molecular complexity index is 254.